The highest BCUT2D eigenvalue weighted by atomic mass is 19.3. The fourth-order valence-corrected chi connectivity index (χ4v) is 9.56. The van der Waals surface area contributed by atoms with E-state index in [1.54, 1.807) is 30.3 Å². The van der Waals surface area contributed by atoms with E-state index < -0.39 is 5.92 Å². The summed E-state index contributed by atoms with van der Waals surface area (Å²) < 4.78 is 37.4. The molecule has 0 atom stereocenters. The van der Waals surface area contributed by atoms with Gasteiger partial charge >= 0.3 is 0 Å². The van der Waals surface area contributed by atoms with Gasteiger partial charge < -0.3 is 4.98 Å². The first kappa shape index (κ1) is 39.5. The van der Waals surface area contributed by atoms with E-state index >= 15 is 8.78 Å². The van der Waals surface area contributed by atoms with Gasteiger partial charge in [0.25, 0.3) is 5.92 Å². The summed E-state index contributed by atoms with van der Waals surface area (Å²) in [4.78, 5) is 14.3. The Balaban J connectivity index is 1.20. The number of halogens is 2. The van der Waals surface area contributed by atoms with Crippen LogP contribution in [0.25, 0.3) is 88.7 Å². The maximum atomic E-state index is 16.5. The average Bonchev–Trinajstić information content (AvgIpc) is 3.98. The molecule has 4 aromatic heterocycles. The zero-order chi connectivity index (χ0) is 44.1. The fraction of sp³-hybridized carbons (Fsp3) is 0.158. The molecule has 0 unspecified atom stereocenters. The number of pyridine rings is 1. The molecule has 7 heteroatoms. The molecule has 11 rings (SSSR count). The first-order valence-corrected chi connectivity index (χ1v) is 21.9. The Morgan fingerprint density at radius 2 is 1.22 bits per heavy atom. The van der Waals surface area contributed by atoms with Crippen LogP contribution in [0.1, 0.15) is 63.8 Å². The standard InChI is InChI=1S/C57H47F2N5/c1-55(2,3)38-31-35(32-40(33-38)64-49-34-37(57(58,59)36-17-9-7-10-18-36)27-28-44(49)50-46(56(4,5)6)29-30-60-54(50)64)41-22-16-26-48-52(41)62-53(63(48)39-19-11-8-12-20-39)45-24-15-23-43-42-21-13-14-25-47(42)61-51(43)45/h7-34,61H,1-6H3. The molecule has 5 nitrogen and oxygen atoms in total. The lowest BCUT2D eigenvalue weighted by molar-refractivity contribution is 0.0429. The monoisotopic (exact) mass is 839 g/mol. The number of benzene rings is 7. The van der Waals surface area contributed by atoms with Crippen LogP contribution in [0.5, 0.6) is 0 Å². The van der Waals surface area contributed by atoms with Crippen molar-refractivity contribution in [2.24, 2.45) is 0 Å². The summed E-state index contributed by atoms with van der Waals surface area (Å²) in [7, 11) is 0. The Kier molecular flexibility index (Phi) is 8.83. The van der Waals surface area contributed by atoms with Crippen LogP contribution < -0.4 is 0 Å². The zero-order valence-electron chi connectivity index (χ0n) is 36.7. The molecule has 0 spiro atoms. The van der Waals surface area contributed by atoms with Crippen molar-refractivity contribution in [1.29, 1.82) is 0 Å². The predicted octanol–water partition coefficient (Wildman–Crippen LogP) is 15.2. The Labute approximate surface area is 370 Å². The number of imidazole rings is 1. The minimum Gasteiger partial charge on any atom is -0.354 e. The number of nitrogens with zero attached hydrogens (tertiary/aromatic N) is 4. The molecule has 7 aromatic carbocycles. The molecule has 0 aliphatic rings. The van der Waals surface area contributed by atoms with Gasteiger partial charge in [0, 0.05) is 66.9 Å². The number of para-hydroxylation sites is 4. The van der Waals surface area contributed by atoms with Crippen LogP contribution in [0.4, 0.5) is 8.78 Å². The number of aromatic amines is 1. The van der Waals surface area contributed by atoms with Crippen LogP contribution in [0.3, 0.4) is 0 Å². The molecule has 0 aliphatic heterocycles. The quantitative estimate of drug-likeness (QED) is 0.181. The molecule has 0 saturated carbocycles. The molecule has 0 aliphatic carbocycles. The van der Waals surface area contributed by atoms with Crippen molar-refractivity contribution in [2.75, 3.05) is 0 Å². The molecule has 64 heavy (non-hydrogen) atoms. The lowest BCUT2D eigenvalue weighted by atomic mass is 9.84. The summed E-state index contributed by atoms with van der Waals surface area (Å²) in [6, 6.07) is 53.5. The second-order valence-electron chi connectivity index (χ2n) is 19.0. The first-order valence-electron chi connectivity index (χ1n) is 21.9. The van der Waals surface area contributed by atoms with Crippen LogP contribution in [0.15, 0.2) is 170 Å². The van der Waals surface area contributed by atoms with Gasteiger partial charge in [-0.2, -0.15) is 8.78 Å². The van der Waals surface area contributed by atoms with E-state index in [0.29, 0.717) is 5.52 Å². The molecule has 4 heterocycles. The third kappa shape index (κ3) is 6.24. The Bertz CT molecular complexity index is 3600. The van der Waals surface area contributed by atoms with E-state index in [1.165, 1.54) is 17.5 Å². The van der Waals surface area contributed by atoms with Gasteiger partial charge in [0.1, 0.15) is 11.5 Å². The minimum atomic E-state index is -3.22. The summed E-state index contributed by atoms with van der Waals surface area (Å²) in [5.41, 5.74) is 11.6. The van der Waals surface area contributed by atoms with Crippen molar-refractivity contribution in [3.8, 4) is 33.9 Å². The summed E-state index contributed by atoms with van der Waals surface area (Å²) in [6.45, 7) is 13.2. The van der Waals surface area contributed by atoms with Crippen LogP contribution >= 0.6 is 0 Å². The van der Waals surface area contributed by atoms with Crippen LogP contribution in [0.2, 0.25) is 0 Å². The van der Waals surface area contributed by atoms with E-state index in [1.807, 2.05) is 18.3 Å². The van der Waals surface area contributed by atoms with Gasteiger partial charge in [-0.15, -0.1) is 0 Å². The normalized spacial score (nSPS) is 12.7. The maximum absolute atomic E-state index is 16.5. The Hall–Kier alpha value is -7.38. The van der Waals surface area contributed by atoms with Gasteiger partial charge in [-0.1, -0.05) is 151 Å². The van der Waals surface area contributed by atoms with Crippen molar-refractivity contribution < 1.29 is 8.78 Å². The van der Waals surface area contributed by atoms with E-state index in [0.717, 1.165) is 88.9 Å². The second kappa shape index (κ2) is 14.3. The highest BCUT2D eigenvalue weighted by Crippen LogP contribution is 2.44. The summed E-state index contributed by atoms with van der Waals surface area (Å²) in [6.07, 6.45) is 1.85. The van der Waals surface area contributed by atoms with E-state index in [4.69, 9.17) is 9.97 Å². The Morgan fingerprint density at radius 3 is 1.98 bits per heavy atom. The van der Waals surface area contributed by atoms with Gasteiger partial charge in [0.05, 0.1) is 22.1 Å². The Morgan fingerprint density at radius 1 is 0.516 bits per heavy atom. The van der Waals surface area contributed by atoms with E-state index in [-0.39, 0.29) is 22.0 Å². The largest absolute Gasteiger partial charge is 0.354 e. The van der Waals surface area contributed by atoms with Crippen molar-refractivity contribution in [2.45, 2.75) is 58.3 Å². The number of aromatic nitrogens is 5. The lowest BCUT2D eigenvalue weighted by Gasteiger charge is -2.23. The number of alkyl halides is 2. The molecule has 0 amide bonds. The highest BCUT2D eigenvalue weighted by molar-refractivity contribution is 6.12. The van der Waals surface area contributed by atoms with Crippen LogP contribution in [-0.4, -0.2) is 24.1 Å². The van der Waals surface area contributed by atoms with E-state index in [2.05, 4.69) is 165 Å². The fourth-order valence-electron chi connectivity index (χ4n) is 9.56. The van der Waals surface area contributed by atoms with Gasteiger partial charge in [-0.05, 0) is 82.1 Å². The molecular formula is C57H47F2N5. The van der Waals surface area contributed by atoms with Gasteiger partial charge in [-0.3, -0.25) is 9.13 Å². The second-order valence-corrected chi connectivity index (χ2v) is 19.0. The molecular weight excluding hydrogens is 793 g/mol. The number of hydrogen-bond acceptors (Lipinski definition) is 2. The van der Waals surface area contributed by atoms with Crippen molar-refractivity contribution in [3.05, 3.63) is 192 Å². The summed E-state index contributed by atoms with van der Waals surface area (Å²) in [5, 5.41) is 4.14. The molecule has 0 bridgehead atoms. The maximum Gasteiger partial charge on any atom is 0.298 e. The summed E-state index contributed by atoms with van der Waals surface area (Å²) in [5.74, 6) is -2.40. The van der Waals surface area contributed by atoms with Gasteiger partial charge in [-0.25, -0.2) is 9.97 Å². The van der Waals surface area contributed by atoms with Crippen molar-refractivity contribution >= 4 is 54.8 Å². The van der Waals surface area contributed by atoms with Crippen molar-refractivity contribution in [3.63, 3.8) is 0 Å². The van der Waals surface area contributed by atoms with E-state index in [9.17, 15) is 0 Å². The molecule has 0 fully saturated rings. The lowest BCUT2D eigenvalue weighted by Crippen LogP contribution is -2.15. The number of hydrogen-bond donors (Lipinski definition) is 1. The molecule has 0 saturated heterocycles. The third-order valence-electron chi connectivity index (χ3n) is 12.8. The summed E-state index contributed by atoms with van der Waals surface area (Å²) >= 11 is 0. The average molecular weight is 840 g/mol. The van der Waals surface area contributed by atoms with Crippen molar-refractivity contribution in [1.82, 2.24) is 24.1 Å². The molecule has 11 aromatic rings. The smallest absolute Gasteiger partial charge is 0.298 e. The van der Waals surface area contributed by atoms with Gasteiger partial charge in [0.2, 0.25) is 0 Å². The number of H-pyrrole nitrogens is 1. The number of rotatable bonds is 6. The van der Waals surface area contributed by atoms with Crippen LogP contribution in [0, 0.1) is 0 Å². The zero-order valence-corrected chi connectivity index (χ0v) is 36.7. The number of nitrogens with one attached hydrogen (secondary N) is 1. The predicted molar refractivity (Wildman–Crippen MR) is 260 cm³/mol. The topological polar surface area (TPSA) is 51.4 Å². The molecule has 1 N–H and O–H groups in total. The number of fused-ring (bicyclic) bond motifs is 7. The van der Waals surface area contributed by atoms with Gasteiger partial charge in [0.15, 0.2) is 0 Å². The third-order valence-corrected chi connectivity index (χ3v) is 12.8. The molecule has 0 radical (unpaired) electrons. The first-order chi connectivity index (χ1) is 30.8. The molecule has 314 valence electrons. The van der Waals surface area contributed by atoms with Crippen LogP contribution in [-0.2, 0) is 16.8 Å². The minimum absolute atomic E-state index is 0.0503. The highest BCUT2D eigenvalue weighted by Gasteiger charge is 2.35. The SMILES string of the molecule is CC(C)(C)c1cc(-c2cccc3c2nc(-c2cccc4c2[nH]c2ccccc24)n3-c2ccccc2)cc(-n2c3cc(C(F)(F)c4ccccc4)ccc3c3c(C(C)(C)C)ccnc32)c1.